The van der Waals surface area contributed by atoms with Gasteiger partial charge >= 0.3 is 0 Å². The SMILES string of the molecule is Cl.NC1CCCN(C(=O)c2cc([N+](=O)[O-])ccc2Sc2ccccc2)C1. The summed E-state index contributed by atoms with van der Waals surface area (Å²) in [6, 6.07) is 14.0. The highest BCUT2D eigenvalue weighted by Gasteiger charge is 2.26. The van der Waals surface area contributed by atoms with Gasteiger partial charge in [0.15, 0.2) is 0 Å². The van der Waals surface area contributed by atoms with Crippen molar-refractivity contribution in [1.29, 1.82) is 0 Å². The number of non-ortho nitro benzene ring substituents is 1. The van der Waals surface area contributed by atoms with Crippen LogP contribution in [0.15, 0.2) is 58.3 Å². The van der Waals surface area contributed by atoms with E-state index in [9.17, 15) is 14.9 Å². The number of likely N-dealkylation sites (tertiary alicyclic amines) is 1. The third-order valence-electron chi connectivity index (χ3n) is 4.12. The second kappa shape index (κ2) is 9.02. The zero-order valence-corrected chi connectivity index (χ0v) is 15.7. The number of rotatable bonds is 4. The maximum Gasteiger partial charge on any atom is 0.270 e. The molecule has 1 unspecified atom stereocenters. The zero-order chi connectivity index (χ0) is 17.8. The van der Waals surface area contributed by atoms with Crippen LogP contribution in [0.3, 0.4) is 0 Å². The Bertz CT molecular complexity index is 789. The highest BCUT2D eigenvalue weighted by Crippen LogP contribution is 2.33. The minimum absolute atomic E-state index is 0. The molecule has 1 aliphatic heterocycles. The molecule has 1 saturated heterocycles. The lowest BCUT2D eigenvalue weighted by atomic mass is 10.1. The lowest BCUT2D eigenvalue weighted by molar-refractivity contribution is -0.384. The van der Waals surface area contributed by atoms with Gasteiger partial charge in [-0.05, 0) is 31.0 Å². The van der Waals surface area contributed by atoms with Crippen molar-refractivity contribution in [3.63, 3.8) is 0 Å². The Balaban J connectivity index is 0.00000243. The summed E-state index contributed by atoms with van der Waals surface area (Å²) in [7, 11) is 0. The Labute approximate surface area is 162 Å². The summed E-state index contributed by atoms with van der Waals surface area (Å²) in [5.74, 6) is -0.197. The highest BCUT2D eigenvalue weighted by molar-refractivity contribution is 7.99. The molecular weight excluding hydrogens is 374 g/mol. The van der Waals surface area contributed by atoms with Crippen molar-refractivity contribution in [3.8, 4) is 0 Å². The molecule has 138 valence electrons. The molecule has 0 bridgehead atoms. The molecule has 1 atom stereocenters. The maximum absolute atomic E-state index is 13.0. The van der Waals surface area contributed by atoms with Crippen LogP contribution in [0.2, 0.25) is 0 Å². The van der Waals surface area contributed by atoms with Crippen molar-refractivity contribution in [2.75, 3.05) is 13.1 Å². The van der Waals surface area contributed by atoms with Crippen LogP contribution < -0.4 is 5.73 Å². The number of nitrogens with two attached hydrogens (primary N) is 1. The Morgan fingerprint density at radius 3 is 2.62 bits per heavy atom. The Kier molecular flexibility index (Phi) is 7.02. The molecule has 1 heterocycles. The average molecular weight is 394 g/mol. The van der Waals surface area contributed by atoms with Crippen LogP contribution in [0.4, 0.5) is 5.69 Å². The number of halogens is 1. The number of amides is 1. The van der Waals surface area contributed by atoms with Gasteiger partial charge < -0.3 is 10.6 Å². The molecule has 2 N–H and O–H groups in total. The fourth-order valence-electron chi connectivity index (χ4n) is 2.87. The summed E-state index contributed by atoms with van der Waals surface area (Å²) in [6.45, 7) is 1.11. The van der Waals surface area contributed by atoms with Crippen LogP contribution in [0.1, 0.15) is 23.2 Å². The number of carbonyl (C=O) groups is 1. The van der Waals surface area contributed by atoms with Gasteiger partial charge in [0.2, 0.25) is 0 Å². The molecule has 0 aliphatic carbocycles. The zero-order valence-electron chi connectivity index (χ0n) is 14.0. The van der Waals surface area contributed by atoms with E-state index in [1.165, 1.54) is 23.9 Å². The van der Waals surface area contributed by atoms with Crippen LogP contribution >= 0.6 is 24.2 Å². The molecule has 0 spiro atoms. The Hall–Kier alpha value is -2.09. The van der Waals surface area contributed by atoms with Crippen molar-refractivity contribution >= 4 is 35.8 Å². The summed E-state index contributed by atoms with van der Waals surface area (Å²) in [6.07, 6.45) is 1.74. The second-order valence-corrected chi connectivity index (χ2v) is 7.12. The number of benzene rings is 2. The first-order valence-corrected chi connectivity index (χ1v) is 8.92. The third kappa shape index (κ3) is 4.75. The van der Waals surface area contributed by atoms with Crippen molar-refractivity contribution < 1.29 is 9.72 Å². The molecule has 2 aromatic carbocycles. The number of hydrogen-bond acceptors (Lipinski definition) is 5. The number of piperidine rings is 1. The first kappa shape index (κ1) is 20.2. The first-order valence-electron chi connectivity index (χ1n) is 8.11. The van der Waals surface area contributed by atoms with Gasteiger partial charge in [-0.2, -0.15) is 0 Å². The molecule has 1 amide bonds. The monoisotopic (exact) mass is 393 g/mol. The molecule has 2 aromatic rings. The van der Waals surface area contributed by atoms with E-state index in [4.69, 9.17) is 5.73 Å². The second-order valence-electron chi connectivity index (χ2n) is 6.01. The largest absolute Gasteiger partial charge is 0.337 e. The van der Waals surface area contributed by atoms with Gasteiger partial charge in [0.1, 0.15) is 0 Å². The molecule has 26 heavy (non-hydrogen) atoms. The van der Waals surface area contributed by atoms with Crippen LogP contribution in [0.25, 0.3) is 0 Å². The third-order valence-corrected chi connectivity index (χ3v) is 5.20. The first-order chi connectivity index (χ1) is 12.0. The van der Waals surface area contributed by atoms with E-state index in [0.717, 1.165) is 17.7 Å². The number of carbonyl (C=O) groups excluding carboxylic acids is 1. The summed E-state index contributed by atoms with van der Waals surface area (Å²) in [5.41, 5.74) is 6.25. The van der Waals surface area contributed by atoms with Crippen molar-refractivity contribution in [2.24, 2.45) is 5.73 Å². The molecule has 1 fully saturated rings. The van der Waals surface area contributed by atoms with E-state index in [0.29, 0.717) is 23.5 Å². The molecule has 6 nitrogen and oxygen atoms in total. The molecular formula is C18H20ClN3O3S. The van der Waals surface area contributed by atoms with E-state index < -0.39 is 4.92 Å². The van der Waals surface area contributed by atoms with Crippen molar-refractivity contribution in [3.05, 3.63) is 64.2 Å². The predicted molar refractivity (Wildman–Crippen MR) is 104 cm³/mol. The molecule has 1 aliphatic rings. The molecule has 3 rings (SSSR count). The predicted octanol–water partition coefficient (Wildman–Crippen LogP) is 3.73. The minimum atomic E-state index is -0.477. The number of nitro groups is 1. The molecule has 0 radical (unpaired) electrons. The topological polar surface area (TPSA) is 89.5 Å². The van der Waals surface area contributed by atoms with E-state index in [2.05, 4.69) is 0 Å². The van der Waals surface area contributed by atoms with Crippen LogP contribution in [-0.4, -0.2) is 34.9 Å². The summed E-state index contributed by atoms with van der Waals surface area (Å²) >= 11 is 1.43. The van der Waals surface area contributed by atoms with E-state index in [1.807, 2.05) is 30.3 Å². The van der Waals surface area contributed by atoms with Gasteiger partial charge in [0.25, 0.3) is 11.6 Å². The number of nitrogens with zero attached hydrogens (tertiary/aromatic N) is 2. The van der Waals surface area contributed by atoms with Gasteiger partial charge in [0, 0.05) is 41.1 Å². The summed E-state index contributed by atoms with van der Waals surface area (Å²) < 4.78 is 0. The van der Waals surface area contributed by atoms with Gasteiger partial charge in [-0.3, -0.25) is 14.9 Å². The lowest BCUT2D eigenvalue weighted by Gasteiger charge is -2.31. The van der Waals surface area contributed by atoms with Gasteiger partial charge in [-0.1, -0.05) is 30.0 Å². The minimum Gasteiger partial charge on any atom is -0.337 e. The molecule has 0 saturated carbocycles. The summed E-state index contributed by atoms with van der Waals surface area (Å²) in [4.78, 5) is 27.0. The number of hydrogen-bond donors (Lipinski definition) is 1. The van der Waals surface area contributed by atoms with Crippen molar-refractivity contribution in [2.45, 2.75) is 28.7 Å². The normalized spacial score (nSPS) is 16.7. The maximum atomic E-state index is 13.0. The highest BCUT2D eigenvalue weighted by atomic mass is 35.5. The van der Waals surface area contributed by atoms with E-state index in [1.54, 1.807) is 11.0 Å². The average Bonchev–Trinajstić information content (AvgIpc) is 2.62. The number of nitro benzene ring substituents is 1. The smallest absolute Gasteiger partial charge is 0.270 e. The molecule has 8 heteroatoms. The lowest BCUT2D eigenvalue weighted by Crippen LogP contribution is -2.45. The van der Waals surface area contributed by atoms with E-state index in [-0.39, 0.29) is 30.0 Å². The van der Waals surface area contributed by atoms with Crippen molar-refractivity contribution in [1.82, 2.24) is 4.90 Å². The van der Waals surface area contributed by atoms with Crippen LogP contribution in [-0.2, 0) is 0 Å². The Morgan fingerprint density at radius 1 is 1.23 bits per heavy atom. The fraction of sp³-hybridized carbons (Fsp3) is 0.278. The van der Waals surface area contributed by atoms with Crippen LogP contribution in [0.5, 0.6) is 0 Å². The van der Waals surface area contributed by atoms with Gasteiger partial charge in [0.05, 0.1) is 10.5 Å². The van der Waals surface area contributed by atoms with Gasteiger partial charge in [-0.25, -0.2) is 0 Å². The van der Waals surface area contributed by atoms with E-state index >= 15 is 0 Å². The molecule has 0 aromatic heterocycles. The Morgan fingerprint density at radius 2 is 1.96 bits per heavy atom. The van der Waals surface area contributed by atoms with Gasteiger partial charge in [-0.15, -0.1) is 12.4 Å². The standard InChI is InChI=1S/C18H19N3O3S.ClH/c19-13-5-4-10-20(12-13)18(22)16-11-14(21(23)24)8-9-17(16)25-15-6-2-1-3-7-15;/h1-3,6-9,11,13H,4-5,10,12,19H2;1H. The van der Waals surface area contributed by atoms with Crippen LogP contribution in [0, 0.1) is 10.1 Å². The fourth-order valence-corrected chi connectivity index (χ4v) is 3.81. The quantitative estimate of drug-likeness (QED) is 0.631. The summed E-state index contributed by atoms with van der Waals surface area (Å²) in [5, 5.41) is 11.1.